The molecule has 1 saturated carbocycles. The quantitative estimate of drug-likeness (QED) is 0.862. The maximum atomic E-state index is 9.16. The third-order valence-corrected chi connectivity index (χ3v) is 4.08. The van der Waals surface area contributed by atoms with Gasteiger partial charge in [0.2, 0.25) is 0 Å². The van der Waals surface area contributed by atoms with E-state index in [-0.39, 0.29) is 6.61 Å². The fourth-order valence-corrected chi connectivity index (χ4v) is 2.71. The number of hydrogen-bond acceptors (Lipinski definition) is 5. The van der Waals surface area contributed by atoms with Gasteiger partial charge in [-0.15, -0.1) is 5.10 Å². The molecule has 2 aromatic rings. The molecule has 20 heavy (non-hydrogen) atoms. The van der Waals surface area contributed by atoms with Crippen molar-refractivity contribution < 1.29 is 5.11 Å². The van der Waals surface area contributed by atoms with Gasteiger partial charge in [0.1, 0.15) is 0 Å². The summed E-state index contributed by atoms with van der Waals surface area (Å²) in [4.78, 5) is 2.24. The Labute approximate surface area is 125 Å². The van der Waals surface area contributed by atoms with Gasteiger partial charge in [0.25, 0.3) is 0 Å². The molecule has 7 heteroatoms. The fraction of sp³-hybridized carbons (Fsp3) is 0.462. The fourth-order valence-electron chi connectivity index (χ4n) is 2.26. The van der Waals surface area contributed by atoms with Crippen LogP contribution in [0.5, 0.6) is 0 Å². The first kappa shape index (κ1) is 13.7. The molecule has 1 heterocycles. The molecule has 1 aromatic carbocycles. The Balaban J connectivity index is 1.84. The van der Waals surface area contributed by atoms with Crippen molar-refractivity contribution in [1.82, 2.24) is 25.1 Å². The topological polar surface area (TPSA) is 67.1 Å². The Morgan fingerprint density at radius 1 is 1.35 bits per heavy atom. The van der Waals surface area contributed by atoms with Crippen LogP contribution in [0.3, 0.4) is 0 Å². The number of tetrazole rings is 1. The summed E-state index contributed by atoms with van der Waals surface area (Å²) >= 11 is 3.52. The highest BCUT2D eigenvalue weighted by molar-refractivity contribution is 9.10. The first-order chi connectivity index (χ1) is 9.79. The Bertz CT molecular complexity index is 584. The number of hydrogen-bond donors (Lipinski definition) is 1. The molecule has 0 radical (unpaired) electrons. The van der Waals surface area contributed by atoms with E-state index in [0.717, 1.165) is 16.0 Å². The van der Waals surface area contributed by atoms with Crippen molar-refractivity contribution in [2.24, 2.45) is 0 Å². The summed E-state index contributed by atoms with van der Waals surface area (Å²) in [6, 6.07) is 8.41. The molecule has 0 unspecified atom stereocenters. The zero-order valence-corrected chi connectivity index (χ0v) is 12.6. The average molecular weight is 338 g/mol. The Hall–Kier alpha value is -1.31. The Morgan fingerprint density at radius 3 is 2.85 bits per heavy atom. The van der Waals surface area contributed by atoms with Crippen molar-refractivity contribution in [3.63, 3.8) is 0 Å². The van der Waals surface area contributed by atoms with E-state index in [1.165, 1.54) is 12.8 Å². The van der Waals surface area contributed by atoms with E-state index in [4.69, 9.17) is 5.11 Å². The standard InChI is InChI=1S/C13H16BrN5O/c14-11-3-1-2-4-12(11)19-13(15-16-17-19)9-18(7-8-20)10-5-6-10/h1-4,10,20H,5-9H2. The third-order valence-electron chi connectivity index (χ3n) is 3.41. The van der Waals surface area contributed by atoms with Crippen molar-refractivity contribution in [1.29, 1.82) is 0 Å². The van der Waals surface area contributed by atoms with E-state index in [0.29, 0.717) is 19.1 Å². The molecule has 1 aliphatic carbocycles. The van der Waals surface area contributed by atoms with Gasteiger partial charge in [-0.05, 0) is 51.3 Å². The molecule has 0 amide bonds. The minimum Gasteiger partial charge on any atom is -0.395 e. The predicted molar refractivity (Wildman–Crippen MR) is 77.4 cm³/mol. The smallest absolute Gasteiger partial charge is 0.170 e. The molecule has 106 valence electrons. The van der Waals surface area contributed by atoms with Crippen LogP contribution in [-0.4, -0.2) is 49.4 Å². The van der Waals surface area contributed by atoms with Crippen LogP contribution in [0, 0.1) is 0 Å². The second-order valence-electron chi connectivity index (χ2n) is 4.88. The summed E-state index contributed by atoms with van der Waals surface area (Å²) < 4.78 is 2.70. The van der Waals surface area contributed by atoms with Crippen molar-refractivity contribution in [3.8, 4) is 5.69 Å². The Kier molecular flexibility index (Phi) is 4.09. The summed E-state index contributed by atoms with van der Waals surface area (Å²) in [5.74, 6) is 0.789. The maximum Gasteiger partial charge on any atom is 0.170 e. The summed E-state index contributed by atoms with van der Waals surface area (Å²) in [5.41, 5.74) is 0.923. The summed E-state index contributed by atoms with van der Waals surface area (Å²) in [5, 5.41) is 21.2. The summed E-state index contributed by atoms with van der Waals surface area (Å²) in [6.45, 7) is 1.47. The minimum absolute atomic E-state index is 0.160. The first-order valence-corrected chi connectivity index (χ1v) is 7.46. The van der Waals surface area contributed by atoms with Crippen LogP contribution in [0.15, 0.2) is 28.7 Å². The number of aliphatic hydroxyl groups excluding tert-OH is 1. The van der Waals surface area contributed by atoms with Gasteiger partial charge in [-0.25, -0.2) is 0 Å². The largest absolute Gasteiger partial charge is 0.395 e. The van der Waals surface area contributed by atoms with Gasteiger partial charge < -0.3 is 5.11 Å². The molecule has 0 bridgehead atoms. The van der Waals surface area contributed by atoms with Gasteiger partial charge >= 0.3 is 0 Å². The van der Waals surface area contributed by atoms with Gasteiger partial charge in [-0.1, -0.05) is 12.1 Å². The molecule has 0 aliphatic heterocycles. The molecule has 0 atom stereocenters. The van der Waals surface area contributed by atoms with E-state index in [1.54, 1.807) is 4.68 Å². The lowest BCUT2D eigenvalue weighted by molar-refractivity contribution is 0.179. The molecule has 0 spiro atoms. The van der Waals surface area contributed by atoms with Crippen LogP contribution < -0.4 is 0 Å². The third kappa shape index (κ3) is 2.89. The van der Waals surface area contributed by atoms with E-state index in [1.807, 2.05) is 24.3 Å². The molecular weight excluding hydrogens is 322 g/mol. The summed E-state index contributed by atoms with van der Waals surface area (Å²) in [6.07, 6.45) is 2.38. The molecule has 6 nitrogen and oxygen atoms in total. The Morgan fingerprint density at radius 2 is 2.15 bits per heavy atom. The van der Waals surface area contributed by atoms with Crippen LogP contribution in [-0.2, 0) is 6.54 Å². The van der Waals surface area contributed by atoms with Gasteiger partial charge in [0.15, 0.2) is 5.82 Å². The lowest BCUT2D eigenvalue weighted by atomic mass is 10.3. The van der Waals surface area contributed by atoms with Crippen molar-refractivity contribution >= 4 is 15.9 Å². The van der Waals surface area contributed by atoms with Crippen LogP contribution in [0.2, 0.25) is 0 Å². The minimum atomic E-state index is 0.160. The number of benzene rings is 1. The molecule has 1 aromatic heterocycles. The van der Waals surface area contributed by atoms with Gasteiger partial charge in [-0.3, -0.25) is 4.90 Å². The van der Waals surface area contributed by atoms with Crippen molar-refractivity contribution in [2.45, 2.75) is 25.4 Å². The van der Waals surface area contributed by atoms with Crippen LogP contribution >= 0.6 is 15.9 Å². The molecule has 3 rings (SSSR count). The first-order valence-electron chi connectivity index (χ1n) is 6.66. The van der Waals surface area contributed by atoms with Gasteiger partial charge in [0, 0.05) is 17.1 Å². The number of aliphatic hydroxyl groups is 1. The highest BCUT2D eigenvalue weighted by Crippen LogP contribution is 2.28. The lowest BCUT2D eigenvalue weighted by Crippen LogP contribution is -2.30. The average Bonchev–Trinajstić information content (AvgIpc) is 3.20. The maximum absolute atomic E-state index is 9.16. The number of halogens is 1. The van der Waals surface area contributed by atoms with Gasteiger partial charge in [-0.2, -0.15) is 4.68 Å². The zero-order chi connectivity index (χ0) is 13.9. The van der Waals surface area contributed by atoms with Crippen LogP contribution in [0.25, 0.3) is 5.69 Å². The lowest BCUT2D eigenvalue weighted by Gasteiger charge is -2.20. The second-order valence-corrected chi connectivity index (χ2v) is 5.74. The normalized spacial score (nSPS) is 14.9. The van der Waals surface area contributed by atoms with Crippen LogP contribution in [0.4, 0.5) is 0 Å². The van der Waals surface area contributed by atoms with Crippen LogP contribution in [0.1, 0.15) is 18.7 Å². The molecular formula is C13H16BrN5O. The van der Waals surface area contributed by atoms with E-state index < -0.39 is 0 Å². The summed E-state index contributed by atoms with van der Waals surface area (Å²) in [7, 11) is 0. The SMILES string of the molecule is OCCN(Cc1nnnn1-c1ccccc1Br)C1CC1. The molecule has 1 N–H and O–H groups in total. The predicted octanol–water partition coefficient (Wildman–Crippen LogP) is 1.38. The van der Waals surface area contributed by atoms with E-state index in [9.17, 15) is 0 Å². The zero-order valence-electron chi connectivity index (χ0n) is 11.0. The highest BCUT2D eigenvalue weighted by Gasteiger charge is 2.29. The van der Waals surface area contributed by atoms with Crippen molar-refractivity contribution in [2.75, 3.05) is 13.2 Å². The number of rotatable bonds is 6. The van der Waals surface area contributed by atoms with E-state index >= 15 is 0 Å². The second kappa shape index (κ2) is 5.99. The molecule has 1 fully saturated rings. The number of aromatic nitrogens is 4. The van der Waals surface area contributed by atoms with Gasteiger partial charge in [0.05, 0.1) is 18.8 Å². The number of para-hydroxylation sites is 1. The monoisotopic (exact) mass is 337 g/mol. The highest BCUT2D eigenvalue weighted by atomic mass is 79.9. The van der Waals surface area contributed by atoms with E-state index in [2.05, 4.69) is 36.4 Å². The molecule has 0 saturated heterocycles. The number of nitrogens with zero attached hydrogens (tertiary/aromatic N) is 5. The van der Waals surface area contributed by atoms with Crippen molar-refractivity contribution in [3.05, 3.63) is 34.6 Å². The molecule has 1 aliphatic rings.